The highest BCUT2D eigenvalue weighted by Crippen LogP contribution is 2.36. The van der Waals surface area contributed by atoms with Gasteiger partial charge in [-0.25, -0.2) is 4.98 Å². The van der Waals surface area contributed by atoms with Crippen LogP contribution in [0.2, 0.25) is 0 Å². The number of methoxy groups -OCH3 is 2. The number of rotatable bonds is 8. The Labute approximate surface area is 209 Å². The lowest BCUT2D eigenvalue weighted by atomic mass is 10.1. The van der Waals surface area contributed by atoms with Crippen LogP contribution >= 0.6 is 27.3 Å². The van der Waals surface area contributed by atoms with Gasteiger partial charge in [-0.15, -0.1) is 0 Å². The molecule has 4 rings (SSSR count). The van der Waals surface area contributed by atoms with Crippen LogP contribution in [0.1, 0.15) is 17.2 Å². The van der Waals surface area contributed by atoms with Gasteiger partial charge in [0.25, 0.3) is 5.91 Å². The van der Waals surface area contributed by atoms with Crippen molar-refractivity contribution in [1.29, 1.82) is 0 Å². The van der Waals surface area contributed by atoms with Crippen molar-refractivity contribution in [3.8, 4) is 17.2 Å². The molecule has 174 valence electrons. The first-order valence-corrected chi connectivity index (χ1v) is 11.9. The first-order chi connectivity index (χ1) is 16.5. The van der Waals surface area contributed by atoms with Crippen LogP contribution in [0, 0.1) is 0 Å². The molecule has 1 amide bonds. The molecule has 3 aromatic carbocycles. The van der Waals surface area contributed by atoms with Crippen molar-refractivity contribution in [2.75, 3.05) is 26.6 Å². The first-order valence-electron chi connectivity index (χ1n) is 10.3. The second-order valence-corrected chi connectivity index (χ2v) is 9.14. The maximum absolute atomic E-state index is 13.4. The third-order valence-electron chi connectivity index (χ3n) is 4.93. The zero-order valence-electron chi connectivity index (χ0n) is 18.7. The number of hydrogen-bond acceptors (Lipinski definition) is 7. The molecule has 1 unspecified atom stereocenters. The van der Waals surface area contributed by atoms with Crippen LogP contribution in [0.15, 0.2) is 70.1 Å². The summed E-state index contributed by atoms with van der Waals surface area (Å²) in [6.07, 6.45) is 0.860. The Kier molecular flexibility index (Phi) is 7.44. The number of thiazole rings is 1. The molecular formula is C25H22BrN3O4S. The molecule has 0 fully saturated rings. The Morgan fingerprint density at radius 1 is 1.09 bits per heavy atom. The van der Waals surface area contributed by atoms with E-state index in [0.717, 1.165) is 14.7 Å². The molecule has 1 N–H and O–H groups in total. The summed E-state index contributed by atoms with van der Waals surface area (Å²) in [6, 6.07) is 18.5. The average molecular weight is 540 g/mol. The lowest BCUT2D eigenvalue weighted by Crippen LogP contribution is -2.25. The molecule has 0 aliphatic rings. The lowest BCUT2D eigenvalue weighted by molar-refractivity contribution is -0.123. The van der Waals surface area contributed by atoms with Gasteiger partial charge in [0.15, 0.2) is 16.6 Å². The van der Waals surface area contributed by atoms with E-state index in [-0.39, 0.29) is 5.91 Å². The fraction of sp³-hybridized carbons (Fsp3) is 0.160. The van der Waals surface area contributed by atoms with Gasteiger partial charge in [0, 0.05) is 35.4 Å². The van der Waals surface area contributed by atoms with Crippen molar-refractivity contribution >= 4 is 54.7 Å². The number of ether oxygens (including phenoxy) is 3. The van der Waals surface area contributed by atoms with E-state index >= 15 is 0 Å². The summed E-state index contributed by atoms with van der Waals surface area (Å²) < 4.78 is 18.6. The second-order valence-electron chi connectivity index (χ2n) is 7.19. The third kappa shape index (κ3) is 5.37. The van der Waals surface area contributed by atoms with Gasteiger partial charge in [-0.1, -0.05) is 39.4 Å². The van der Waals surface area contributed by atoms with Crippen molar-refractivity contribution < 1.29 is 19.0 Å². The Hall–Kier alpha value is -3.43. The molecule has 0 bridgehead atoms. The Bertz CT molecular complexity index is 1300. The van der Waals surface area contributed by atoms with Crippen LogP contribution in [-0.4, -0.2) is 38.4 Å². The largest absolute Gasteiger partial charge is 0.493 e. The van der Waals surface area contributed by atoms with Crippen molar-refractivity contribution in [3.05, 3.63) is 76.3 Å². The van der Waals surface area contributed by atoms with Crippen LogP contribution in [0.4, 0.5) is 5.13 Å². The molecular weight excluding hydrogens is 518 g/mol. The molecule has 1 heterocycles. The second kappa shape index (κ2) is 10.7. The van der Waals surface area contributed by atoms with E-state index in [2.05, 4.69) is 31.2 Å². The van der Waals surface area contributed by atoms with Crippen LogP contribution < -0.4 is 19.5 Å². The number of aromatic nitrogens is 1. The SMILES string of the molecule is C/N=C/c1ccc(OC(C(=O)Nc2nc3cc(OC)c(OC)cc3s2)c2cccc(Br)c2)cc1. The van der Waals surface area contributed by atoms with Gasteiger partial charge in [-0.05, 0) is 42.0 Å². The standard InChI is InChI=1S/C25H22BrN3O4S/c1-27-14-15-7-9-18(10-8-15)33-23(16-5-4-6-17(26)11-16)24(30)29-25-28-19-12-20(31-2)21(32-3)13-22(19)34-25/h4-14,23H,1-3H3,(H,28,29,30)/b27-14+. The molecule has 1 atom stereocenters. The van der Waals surface area contributed by atoms with Crippen molar-refractivity contribution in [1.82, 2.24) is 4.98 Å². The summed E-state index contributed by atoms with van der Waals surface area (Å²) in [5.41, 5.74) is 2.35. The number of benzene rings is 3. The molecule has 4 aromatic rings. The van der Waals surface area contributed by atoms with E-state index in [1.54, 1.807) is 33.5 Å². The Balaban J connectivity index is 1.62. The van der Waals surface area contributed by atoms with E-state index in [9.17, 15) is 4.79 Å². The summed E-state index contributed by atoms with van der Waals surface area (Å²) >= 11 is 4.82. The number of carbonyl (C=O) groups is 1. The fourth-order valence-corrected chi connectivity index (χ4v) is 4.64. The van der Waals surface area contributed by atoms with E-state index in [0.29, 0.717) is 33.5 Å². The minimum absolute atomic E-state index is 0.338. The predicted octanol–water partition coefficient (Wildman–Crippen LogP) is 5.88. The molecule has 0 saturated heterocycles. The molecule has 0 spiro atoms. The van der Waals surface area contributed by atoms with Crippen LogP contribution in [-0.2, 0) is 4.79 Å². The first kappa shape index (κ1) is 23.7. The van der Waals surface area contributed by atoms with E-state index in [1.807, 2.05) is 54.6 Å². The maximum atomic E-state index is 13.4. The van der Waals surface area contributed by atoms with Gasteiger partial charge in [0.05, 0.1) is 24.4 Å². The number of amides is 1. The van der Waals surface area contributed by atoms with E-state index in [4.69, 9.17) is 14.2 Å². The van der Waals surface area contributed by atoms with Crippen LogP contribution in [0.5, 0.6) is 17.2 Å². The number of nitrogens with zero attached hydrogens (tertiary/aromatic N) is 2. The molecule has 7 nitrogen and oxygen atoms in total. The number of fused-ring (bicyclic) bond motifs is 1. The molecule has 9 heteroatoms. The minimum atomic E-state index is -0.890. The fourth-order valence-electron chi connectivity index (χ4n) is 3.34. The van der Waals surface area contributed by atoms with Crippen molar-refractivity contribution in [3.63, 3.8) is 0 Å². The number of carbonyl (C=O) groups excluding carboxylic acids is 1. The van der Waals surface area contributed by atoms with Crippen LogP contribution in [0.25, 0.3) is 10.2 Å². The maximum Gasteiger partial charge on any atom is 0.271 e. The Morgan fingerprint density at radius 2 is 1.82 bits per heavy atom. The smallest absolute Gasteiger partial charge is 0.271 e. The zero-order chi connectivity index (χ0) is 24.1. The molecule has 0 saturated carbocycles. The topological polar surface area (TPSA) is 82.0 Å². The number of aliphatic imine (C=N–C) groups is 1. The van der Waals surface area contributed by atoms with Gasteiger partial charge in [-0.2, -0.15) is 0 Å². The number of nitrogens with one attached hydrogen (secondary N) is 1. The number of anilines is 1. The molecule has 0 radical (unpaired) electrons. The third-order valence-corrected chi connectivity index (χ3v) is 6.35. The molecule has 34 heavy (non-hydrogen) atoms. The van der Waals surface area contributed by atoms with E-state index < -0.39 is 6.10 Å². The highest BCUT2D eigenvalue weighted by atomic mass is 79.9. The number of halogens is 1. The summed E-state index contributed by atoms with van der Waals surface area (Å²) in [5.74, 6) is 1.40. The van der Waals surface area contributed by atoms with Gasteiger partial charge >= 0.3 is 0 Å². The highest BCUT2D eigenvalue weighted by Gasteiger charge is 2.25. The van der Waals surface area contributed by atoms with E-state index in [1.165, 1.54) is 11.3 Å². The molecule has 0 aliphatic carbocycles. The highest BCUT2D eigenvalue weighted by molar-refractivity contribution is 9.10. The van der Waals surface area contributed by atoms with Crippen LogP contribution in [0.3, 0.4) is 0 Å². The van der Waals surface area contributed by atoms with Crippen molar-refractivity contribution in [2.24, 2.45) is 4.99 Å². The zero-order valence-corrected chi connectivity index (χ0v) is 21.1. The van der Waals surface area contributed by atoms with Crippen molar-refractivity contribution in [2.45, 2.75) is 6.10 Å². The van der Waals surface area contributed by atoms with Gasteiger partial charge in [0.2, 0.25) is 6.10 Å². The predicted molar refractivity (Wildman–Crippen MR) is 139 cm³/mol. The number of hydrogen-bond donors (Lipinski definition) is 1. The summed E-state index contributed by atoms with van der Waals surface area (Å²) in [7, 11) is 4.86. The minimum Gasteiger partial charge on any atom is -0.493 e. The average Bonchev–Trinajstić information content (AvgIpc) is 3.23. The summed E-state index contributed by atoms with van der Waals surface area (Å²) in [4.78, 5) is 21.9. The monoisotopic (exact) mass is 539 g/mol. The van der Waals surface area contributed by atoms with Gasteiger partial charge in [0.1, 0.15) is 5.75 Å². The molecule has 0 aliphatic heterocycles. The molecule has 1 aromatic heterocycles. The summed E-state index contributed by atoms with van der Waals surface area (Å²) in [6.45, 7) is 0. The summed E-state index contributed by atoms with van der Waals surface area (Å²) in [5, 5.41) is 3.35. The normalized spacial score (nSPS) is 12.0. The van der Waals surface area contributed by atoms with Gasteiger partial charge < -0.3 is 14.2 Å². The lowest BCUT2D eigenvalue weighted by Gasteiger charge is -2.19. The van der Waals surface area contributed by atoms with Gasteiger partial charge in [-0.3, -0.25) is 15.1 Å². The Morgan fingerprint density at radius 3 is 2.50 bits per heavy atom. The quantitative estimate of drug-likeness (QED) is 0.282.